The van der Waals surface area contributed by atoms with Crippen LogP contribution < -0.4 is 10.1 Å². The number of aliphatic hydroxyl groups excluding tert-OH is 1. The summed E-state index contributed by atoms with van der Waals surface area (Å²) in [4.78, 5) is 13.7. The summed E-state index contributed by atoms with van der Waals surface area (Å²) < 4.78 is 5.75. The fourth-order valence-corrected chi connectivity index (χ4v) is 2.73. The van der Waals surface area contributed by atoms with Gasteiger partial charge in [-0.15, -0.1) is 0 Å². The van der Waals surface area contributed by atoms with Crippen molar-refractivity contribution in [1.82, 2.24) is 10.2 Å². The van der Waals surface area contributed by atoms with Crippen LogP contribution in [-0.2, 0) is 11.3 Å². The van der Waals surface area contributed by atoms with Gasteiger partial charge in [0.15, 0.2) is 0 Å². The molecule has 1 amide bonds. The highest BCUT2D eigenvalue weighted by molar-refractivity contribution is 5.79. The summed E-state index contributed by atoms with van der Waals surface area (Å²) in [7, 11) is 0. The van der Waals surface area contributed by atoms with E-state index in [0.29, 0.717) is 13.2 Å². The van der Waals surface area contributed by atoms with E-state index in [1.165, 1.54) is 44.8 Å². The monoisotopic (exact) mass is 320 g/mol. The summed E-state index contributed by atoms with van der Waals surface area (Å²) >= 11 is 0. The topological polar surface area (TPSA) is 61.8 Å². The Morgan fingerprint density at radius 1 is 1.35 bits per heavy atom. The minimum Gasteiger partial charge on any atom is -0.494 e. The summed E-state index contributed by atoms with van der Waals surface area (Å²) in [5, 5.41) is 11.7. The third-order valence-corrected chi connectivity index (χ3v) is 4.02. The van der Waals surface area contributed by atoms with E-state index in [9.17, 15) is 4.79 Å². The molecule has 1 aliphatic rings. The van der Waals surface area contributed by atoms with E-state index in [4.69, 9.17) is 9.84 Å². The van der Waals surface area contributed by atoms with Gasteiger partial charge >= 0.3 is 0 Å². The molecule has 0 saturated carbocycles. The molecule has 0 radical (unpaired) electrons. The first-order chi connectivity index (χ1) is 11.1. The molecule has 5 nitrogen and oxygen atoms in total. The second-order valence-electron chi connectivity index (χ2n) is 6.15. The number of carbonyl (C=O) groups is 1. The number of aliphatic hydroxyl groups is 1. The van der Waals surface area contributed by atoms with Gasteiger partial charge in [0.05, 0.1) is 6.61 Å². The molecule has 0 aliphatic carbocycles. The van der Waals surface area contributed by atoms with Crippen LogP contribution in [0.3, 0.4) is 0 Å². The largest absolute Gasteiger partial charge is 0.494 e. The average Bonchev–Trinajstić information content (AvgIpc) is 2.55. The standard InChI is InChI=1S/C18H28N2O3/c1-15(21)18(22)19-9-6-12-23-17-8-5-7-16(13-17)14-20-10-3-2-4-11-20/h5,7-8,13,15,21H,2-4,6,9-12,14H2,1H3,(H,19,22). The Labute approximate surface area is 138 Å². The third-order valence-electron chi connectivity index (χ3n) is 4.02. The average molecular weight is 320 g/mol. The van der Waals surface area contributed by atoms with Crippen LogP contribution in [0.1, 0.15) is 38.2 Å². The molecule has 0 bridgehead atoms. The molecular weight excluding hydrogens is 292 g/mol. The molecule has 1 unspecified atom stereocenters. The van der Waals surface area contributed by atoms with Gasteiger partial charge in [0.1, 0.15) is 11.9 Å². The second kappa shape index (κ2) is 9.53. The van der Waals surface area contributed by atoms with Crippen LogP contribution in [0.2, 0.25) is 0 Å². The van der Waals surface area contributed by atoms with E-state index < -0.39 is 6.10 Å². The number of ether oxygens (including phenoxy) is 1. The molecule has 5 heteroatoms. The lowest BCUT2D eigenvalue weighted by molar-refractivity contribution is -0.128. The molecule has 0 aromatic heterocycles. The van der Waals surface area contributed by atoms with Gasteiger partial charge in [-0.25, -0.2) is 0 Å². The zero-order valence-corrected chi connectivity index (χ0v) is 14.0. The summed E-state index contributed by atoms with van der Waals surface area (Å²) in [5.41, 5.74) is 1.28. The molecule has 1 fully saturated rings. The Kier molecular flexibility index (Phi) is 7.36. The number of benzene rings is 1. The van der Waals surface area contributed by atoms with Crippen molar-refractivity contribution in [1.29, 1.82) is 0 Å². The van der Waals surface area contributed by atoms with Crippen molar-refractivity contribution < 1.29 is 14.6 Å². The maximum atomic E-state index is 11.2. The van der Waals surface area contributed by atoms with Crippen LogP contribution in [-0.4, -0.2) is 48.3 Å². The molecule has 1 aromatic carbocycles. The van der Waals surface area contributed by atoms with Gasteiger partial charge < -0.3 is 15.2 Å². The number of likely N-dealkylation sites (tertiary alicyclic amines) is 1. The van der Waals surface area contributed by atoms with E-state index in [0.717, 1.165) is 18.7 Å². The minimum absolute atomic E-state index is 0.339. The molecule has 1 atom stereocenters. The molecule has 2 rings (SSSR count). The van der Waals surface area contributed by atoms with Crippen LogP contribution in [0, 0.1) is 0 Å². The number of hydrogen-bond acceptors (Lipinski definition) is 4. The Morgan fingerprint density at radius 3 is 2.87 bits per heavy atom. The fraction of sp³-hybridized carbons (Fsp3) is 0.611. The number of nitrogens with one attached hydrogen (secondary N) is 1. The Hall–Kier alpha value is -1.59. The normalized spacial score (nSPS) is 16.8. The summed E-state index contributed by atoms with van der Waals surface area (Å²) in [6.45, 7) is 5.88. The molecule has 23 heavy (non-hydrogen) atoms. The molecule has 1 aliphatic heterocycles. The van der Waals surface area contributed by atoms with Crippen molar-refractivity contribution in [2.45, 2.75) is 45.3 Å². The van der Waals surface area contributed by atoms with Gasteiger partial charge in [-0.1, -0.05) is 18.6 Å². The first-order valence-corrected chi connectivity index (χ1v) is 8.55. The van der Waals surface area contributed by atoms with Crippen LogP contribution >= 0.6 is 0 Å². The number of amides is 1. The van der Waals surface area contributed by atoms with Crippen molar-refractivity contribution in [3.05, 3.63) is 29.8 Å². The molecule has 1 heterocycles. The lowest BCUT2D eigenvalue weighted by Gasteiger charge is -2.26. The Bertz CT molecular complexity index is 485. The number of carbonyl (C=O) groups excluding carboxylic acids is 1. The fourth-order valence-electron chi connectivity index (χ4n) is 2.73. The van der Waals surface area contributed by atoms with E-state index in [2.05, 4.69) is 22.3 Å². The van der Waals surface area contributed by atoms with E-state index in [1.807, 2.05) is 12.1 Å². The van der Waals surface area contributed by atoms with Crippen molar-refractivity contribution >= 4 is 5.91 Å². The van der Waals surface area contributed by atoms with Crippen LogP contribution in [0.5, 0.6) is 5.75 Å². The molecule has 1 aromatic rings. The highest BCUT2D eigenvalue weighted by Gasteiger charge is 2.10. The van der Waals surface area contributed by atoms with Crippen molar-refractivity contribution in [3.8, 4) is 5.75 Å². The second-order valence-corrected chi connectivity index (χ2v) is 6.15. The number of nitrogens with zero attached hydrogens (tertiary/aromatic N) is 1. The Morgan fingerprint density at radius 2 is 2.13 bits per heavy atom. The predicted octanol–water partition coefficient (Wildman–Crippen LogP) is 1.94. The number of piperidine rings is 1. The molecule has 2 N–H and O–H groups in total. The van der Waals surface area contributed by atoms with Gasteiger partial charge in [0.25, 0.3) is 0 Å². The zero-order chi connectivity index (χ0) is 16.5. The lowest BCUT2D eigenvalue weighted by atomic mass is 10.1. The smallest absolute Gasteiger partial charge is 0.248 e. The highest BCUT2D eigenvalue weighted by atomic mass is 16.5. The SMILES string of the molecule is CC(O)C(=O)NCCCOc1cccc(CN2CCCCC2)c1. The van der Waals surface area contributed by atoms with Crippen LogP contribution in [0.4, 0.5) is 0 Å². The van der Waals surface area contributed by atoms with E-state index >= 15 is 0 Å². The maximum Gasteiger partial charge on any atom is 0.248 e. The minimum atomic E-state index is -0.956. The Balaban J connectivity index is 1.69. The van der Waals surface area contributed by atoms with Gasteiger partial charge in [-0.3, -0.25) is 9.69 Å². The van der Waals surface area contributed by atoms with Crippen molar-refractivity contribution in [2.24, 2.45) is 0 Å². The van der Waals surface area contributed by atoms with Gasteiger partial charge in [0, 0.05) is 13.1 Å². The first-order valence-electron chi connectivity index (χ1n) is 8.55. The molecule has 0 spiro atoms. The third kappa shape index (κ3) is 6.59. The predicted molar refractivity (Wildman–Crippen MR) is 90.4 cm³/mol. The van der Waals surface area contributed by atoms with Gasteiger partial charge in [-0.2, -0.15) is 0 Å². The lowest BCUT2D eigenvalue weighted by Crippen LogP contribution is -2.33. The number of rotatable bonds is 8. The molecule has 128 valence electrons. The van der Waals surface area contributed by atoms with Crippen molar-refractivity contribution in [3.63, 3.8) is 0 Å². The molecule has 1 saturated heterocycles. The van der Waals surface area contributed by atoms with Gasteiger partial charge in [0.2, 0.25) is 5.91 Å². The molecular formula is C18H28N2O3. The van der Waals surface area contributed by atoms with Crippen LogP contribution in [0.25, 0.3) is 0 Å². The summed E-state index contributed by atoms with van der Waals surface area (Å²) in [6.07, 6.45) is 3.71. The number of hydrogen-bond donors (Lipinski definition) is 2. The summed E-state index contributed by atoms with van der Waals surface area (Å²) in [5.74, 6) is 0.537. The van der Waals surface area contributed by atoms with Crippen molar-refractivity contribution in [2.75, 3.05) is 26.2 Å². The van der Waals surface area contributed by atoms with E-state index in [-0.39, 0.29) is 5.91 Å². The first kappa shape index (κ1) is 17.8. The highest BCUT2D eigenvalue weighted by Crippen LogP contribution is 2.17. The quantitative estimate of drug-likeness (QED) is 0.719. The van der Waals surface area contributed by atoms with Gasteiger partial charge in [-0.05, 0) is 57.0 Å². The zero-order valence-electron chi connectivity index (χ0n) is 14.0. The van der Waals surface area contributed by atoms with E-state index in [1.54, 1.807) is 0 Å². The maximum absolute atomic E-state index is 11.2. The summed E-state index contributed by atoms with van der Waals surface area (Å²) in [6, 6.07) is 8.24. The van der Waals surface area contributed by atoms with Crippen LogP contribution in [0.15, 0.2) is 24.3 Å².